The van der Waals surface area contributed by atoms with Gasteiger partial charge in [0.05, 0.1) is 6.10 Å². The summed E-state index contributed by atoms with van der Waals surface area (Å²) in [6, 6.07) is 0.716. The maximum atomic E-state index is 5.71. The third kappa shape index (κ3) is 3.21. The van der Waals surface area contributed by atoms with Crippen molar-refractivity contribution in [1.29, 1.82) is 0 Å². The maximum absolute atomic E-state index is 5.71. The van der Waals surface area contributed by atoms with Gasteiger partial charge in [0, 0.05) is 19.2 Å². The Hall–Kier alpha value is -0.0800. The van der Waals surface area contributed by atoms with E-state index in [-0.39, 0.29) is 0 Å². The van der Waals surface area contributed by atoms with Gasteiger partial charge in [0.2, 0.25) is 0 Å². The van der Waals surface area contributed by atoms with Crippen LogP contribution in [-0.4, -0.2) is 25.3 Å². The number of nitrogens with one attached hydrogen (secondary N) is 1. The zero-order valence-corrected chi connectivity index (χ0v) is 10.9. The highest BCUT2D eigenvalue weighted by molar-refractivity contribution is 4.95. The number of hydrogen-bond acceptors (Lipinski definition) is 2. The van der Waals surface area contributed by atoms with Gasteiger partial charge < -0.3 is 10.1 Å². The Bertz CT molecular complexity index is 213. The fourth-order valence-electron chi connectivity index (χ4n) is 2.93. The van der Waals surface area contributed by atoms with E-state index >= 15 is 0 Å². The monoisotopic (exact) mass is 225 g/mol. The zero-order chi connectivity index (χ0) is 11.4. The lowest BCUT2D eigenvalue weighted by atomic mass is 9.97. The Labute approximate surface area is 100 Å². The summed E-state index contributed by atoms with van der Waals surface area (Å²) in [6.45, 7) is 6.74. The second-order valence-electron chi connectivity index (χ2n) is 5.75. The molecule has 2 heteroatoms. The van der Waals surface area contributed by atoms with Crippen LogP contribution in [0.1, 0.15) is 58.8 Å². The predicted octanol–water partition coefficient (Wildman–Crippen LogP) is 3.11. The molecule has 2 aliphatic rings. The van der Waals surface area contributed by atoms with Crippen LogP contribution in [0, 0.1) is 5.41 Å². The third-order valence-electron chi connectivity index (χ3n) is 4.33. The van der Waals surface area contributed by atoms with Crippen molar-refractivity contribution < 1.29 is 4.74 Å². The molecule has 0 aromatic rings. The van der Waals surface area contributed by atoms with Crippen LogP contribution < -0.4 is 5.32 Å². The molecule has 0 spiro atoms. The Balaban J connectivity index is 1.69. The van der Waals surface area contributed by atoms with Crippen molar-refractivity contribution in [3.05, 3.63) is 0 Å². The maximum Gasteiger partial charge on any atom is 0.0587 e. The van der Waals surface area contributed by atoms with Crippen molar-refractivity contribution in [2.75, 3.05) is 13.2 Å². The first kappa shape index (κ1) is 12.4. The van der Waals surface area contributed by atoms with Crippen LogP contribution in [0.4, 0.5) is 0 Å². The molecule has 1 aliphatic carbocycles. The zero-order valence-electron chi connectivity index (χ0n) is 10.9. The van der Waals surface area contributed by atoms with Crippen molar-refractivity contribution in [3.63, 3.8) is 0 Å². The largest absolute Gasteiger partial charge is 0.378 e. The van der Waals surface area contributed by atoms with E-state index in [4.69, 9.17) is 4.74 Å². The van der Waals surface area contributed by atoms with Crippen molar-refractivity contribution in [3.8, 4) is 0 Å². The first-order valence-corrected chi connectivity index (χ1v) is 7.13. The first-order valence-electron chi connectivity index (χ1n) is 7.13. The molecule has 1 saturated carbocycles. The lowest BCUT2D eigenvalue weighted by Crippen LogP contribution is -2.41. The average molecular weight is 225 g/mol. The van der Waals surface area contributed by atoms with Crippen molar-refractivity contribution in [2.24, 2.45) is 5.41 Å². The number of hydrogen-bond donors (Lipinski definition) is 1. The topological polar surface area (TPSA) is 21.3 Å². The van der Waals surface area contributed by atoms with E-state index in [0.29, 0.717) is 17.6 Å². The van der Waals surface area contributed by atoms with Gasteiger partial charge in [-0.15, -0.1) is 0 Å². The van der Waals surface area contributed by atoms with E-state index < -0.39 is 0 Å². The highest BCUT2D eigenvalue weighted by Gasteiger charge is 2.41. The summed E-state index contributed by atoms with van der Waals surface area (Å²) >= 11 is 0. The molecule has 2 atom stereocenters. The van der Waals surface area contributed by atoms with Crippen molar-refractivity contribution >= 4 is 0 Å². The first-order chi connectivity index (χ1) is 7.78. The van der Waals surface area contributed by atoms with E-state index in [0.717, 1.165) is 13.0 Å². The average Bonchev–Trinajstić information content (AvgIpc) is 3.08. The van der Waals surface area contributed by atoms with Gasteiger partial charge in [-0.2, -0.15) is 0 Å². The summed E-state index contributed by atoms with van der Waals surface area (Å²) in [5.41, 5.74) is 0.689. The third-order valence-corrected chi connectivity index (χ3v) is 4.33. The minimum atomic E-state index is 0.507. The molecule has 2 nitrogen and oxygen atoms in total. The summed E-state index contributed by atoms with van der Waals surface area (Å²) in [7, 11) is 0. The Morgan fingerprint density at radius 3 is 2.75 bits per heavy atom. The summed E-state index contributed by atoms with van der Waals surface area (Å²) < 4.78 is 5.71. The van der Waals surface area contributed by atoms with Gasteiger partial charge in [-0.3, -0.25) is 0 Å². The highest BCUT2D eigenvalue weighted by Crippen LogP contribution is 2.49. The molecule has 0 aromatic heterocycles. The van der Waals surface area contributed by atoms with Crippen LogP contribution in [0.15, 0.2) is 0 Å². The van der Waals surface area contributed by atoms with Gasteiger partial charge in [0.1, 0.15) is 0 Å². The number of rotatable bonds is 6. The molecule has 0 radical (unpaired) electrons. The van der Waals surface area contributed by atoms with E-state index in [1.54, 1.807) is 0 Å². The molecule has 1 N–H and O–H groups in total. The normalized spacial score (nSPS) is 32.6. The van der Waals surface area contributed by atoms with Crippen molar-refractivity contribution in [1.82, 2.24) is 5.32 Å². The molecule has 2 rings (SSSR count). The molecule has 1 saturated heterocycles. The van der Waals surface area contributed by atoms with Crippen LogP contribution in [0.25, 0.3) is 0 Å². The van der Waals surface area contributed by atoms with Gasteiger partial charge in [-0.1, -0.05) is 20.3 Å². The molecule has 0 amide bonds. The lowest BCUT2D eigenvalue weighted by Gasteiger charge is -2.31. The molecule has 2 fully saturated rings. The summed E-state index contributed by atoms with van der Waals surface area (Å²) in [4.78, 5) is 0. The number of ether oxygens (including phenoxy) is 1. The molecule has 1 aliphatic heterocycles. The van der Waals surface area contributed by atoms with Crippen molar-refractivity contribution in [2.45, 2.75) is 70.9 Å². The van der Waals surface area contributed by atoms with Crippen LogP contribution in [-0.2, 0) is 4.74 Å². The second-order valence-corrected chi connectivity index (χ2v) is 5.75. The molecule has 1 heterocycles. The fraction of sp³-hybridized carbons (Fsp3) is 1.00. The Kier molecular flexibility index (Phi) is 4.26. The Morgan fingerprint density at radius 2 is 2.12 bits per heavy atom. The SMILES string of the molecule is CCCC1(CNC2CCOC(CC)C2)CC1. The van der Waals surface area contributed by atoms with Gasteiger partial charge in [-0.25, -0.2) is 0 Å². The van der Waals surface area contributed by atoms with E-state index in [9.17, 15) is 0 Å². The minimum absolute atomic E-state index is 0.507. The summed E-state index contributed by atoms with van der Waals surface area (Å²) in [5, 5.41) is 3.79. The van der Waals surface area contributed by atoms with Crippen LogP contribution in [0.2, 0.25) is 0 Å². The molecule has 0 aromatic carbocycles. The second kappa shape index (κ2) is 5.50. The molecular weight excluding hydrogens is 198 g/mol. The Morgan fingerprint density at radius 1 is 1.31 bits per heavy atom. The highest BCUT2D eigenvalue weighted by atomic mass is 16.5. The van der Waals surface area contributed by atoms with E-state index in [2.05, 4.69) is 19.2 Å². The molecular formula is C14H27NO. The van der Waals surface area contributed by atoms with Gasteiger partial charge in [0.15, 0.2) is 0 Å². The van der Waals surface area contributed by atoms with Crippen LogP contribution in [0.5, 0.6) is 0 Å². The molecule has 2 unspecified atom stereocenters. The predicted molar refractivity (Wildman–Crippen MR) is 67.6 cm³/mol. The molecule has 0 bridgehead atoms. The van der Waals surface area contributed by atoms with Crippen LogP contribution >= 0.6 is 0 Å². The van der Waals surface area contributed by atoms with Crippen LogP contribution in [0.3, 0.4) is 0 Å². The van der Waals surface area contributed by atoms with E-state index in [1.165, 1.54) is 45.1 Å². The summed E-state index contributed by atoms with van der Waals surface area (Å²) in [6.07, 6.45) is 9.76. The van der Waals surface area contributed by atoms with E-state index in [1.807, 2.05) is 0 Å². The van der Waals surface area contributed by atoms with Gasteiger partial charge in [-0.05, 0) is 43.9 Å². The smallest absolute Gasteiger partial charge is 0.0587 e. The summed E-state index contributed by atoms with van der Waals surface area (Å²) in [5.74, 6) is 0. The molecule has 16 heavy (non-hydrogen) atoms. The fourth-order valence-corrected chi connectivity index (χ4v) is 2.93. The van der Waals surface area contributed by atoms with Gasteiger partial charge >= 0.3 is 0 Å². The lowest BCUT2D eigenvalue weighted by molar-refractivity contribution is -0.000875. The minimum Gasteiger partial charge on any atom is -0.378 e. The standard InChI is InChI=1S/C14H27NO/c1-3-6-14(7-8-14)11-15-12-5-9-16-13(4-2)10-12/h12-13,15H,3-11H2,1-2H3. The van der Waals surface area contributed by atoms with Gasteiger partial charge in [0.25, 0.3) is 0 Å². The molecule has 94 valence electrons. The quantitative estimate of drug-likeness (QED) is 0.750.